The second-order valence-electron chi connectivity index (χ2n) is 20.3. The average Bonchev–Trinajstić information content (AvgIpc) is 4.07. The number of aromatic nitrogens is 6. The number of carbonyl (C=O) groups excluding carboxylic acids is 8. The first-order chi connectivity index (χ1) is 36.6. The van der Waals surface area contributed by atoms with Crippen molar-refractivity contribution in [2.75, 3.05) is 7.05 Å². The van der Waals surface area contributed by atoms with Crippen LogP contribution in [0.2, 0.25) is 0 Å². The van der Waals surface area contributed by atoms with Crippen LogP contribution in [0.15, 0.2) is 97.6 Å². The van der Waals surface area contributed by atoms with E-state index in [1.807, 2.05) is 103 Å². The maximum absolute atomic E-state index is 11.8. The molecule has 2 aromatic carbocycles. The maximum atomic E-state index is 11.8. The van der Waals surface area contributed by atoms with E-state index in [4.69, 9.17) is 0 Å². The highest BCUT2D eigenvalue weighted by atomic mass is 16.2. The summed E-state index contributed by atoms with van der Waals surface area (Å²) in [7, 11) is 6.00. The molecule has 10 heterocycles. The number of pyridine rings is 3. The van der Waals surface area contributed by atoms with Gasteiger partial charge >= 0.3 is 0 Å². The zero-order valence-electron chi connectivity index (χ0n) is 42.8. The van der Waals surface area contributed by atoms with Crippen molar-refractivity contribution in [2.45, 2.75) is 90.1 Å². The molecule has 4 atom stereocenters. The Morgan fingerprint density at radius 3 is 1.63 bits per heavy atom. The number of para-hydroxylation sites is 2. The van der Waals surface area contributed by atoms with Gasteiger partial charge in [-0.25, -0.2) is 0 Å². The molecule has 4 fully saturated rings. The molecule has 0 aliphatic carbocycles. The van der Waals surface area contributed by atoms with E-state index in [9.17, 15) is 38.4 Å². The van der Waals surface area contributed by atoms with Crippen LogP contribution < -0.4 is 21.3 Å². The van der Waals surface area contributed by atoms with Gasteiger partial charge in [0, 0.05) is 124 Å². The van der Waals surface area contributed by atoms with Crippen LogP contribution in [0.25, 0.3) is 32.8 Å². The summed E-state index contributed by atoms with van der Waals surface area (Å²) in [5.74, 6) is -1.79. The van der Waals surface area contributed by atoms with Gasteiger partial charge in [-0.3, -0.25) is 84.2 Å². The Kier molecular flexibility index (Phi) is 16.2. The van der Waals surface area contributed by atoms with Gasteiger partial charge in [-0.05, 0) is 105 Å². The number of rotatable bonds is 8. The number of benzene rings is 2. The molecule has 0 radical (unpaired) electrons. The summed E-state index contributed by atoms with van der Waals surface area (Å²) in [5.41, 5.74) is 10.6. The van der Waals surface area contributed by atoms with Crippen LogP contribution in [-0.4, -0.2) is 88.5 Å². The molecule has 12 rings (SSSR count). The Bertz CT molecular complexity index is 3390. The monoisotopic (exact) mass is 1030 g/mol. The molecule has 5 aliphatic heterocycles. The molecule has 4 saturated heterocycles. The molecule has 5 aromatic heterocycles. The molecule has 8 amide bonds. The van der Waals surface area contributed by atoms with Gasteiger partial charge in [-0.1, -0.05) is 36.4 Å². The van der Waals surface area contributed by atoms with Crippen molar-refractivity contribution in [3.63, 3.8) is 0 Å². The molecule has 0 saturated carbocycles. The minimum atomic E-state index is -0.169. The molecule has 19 heteroatoms. The predicted molar refractivity (Wildman–Crippen MR) is 281 cm³/mol. The van der Waals surface area contributed by atoms with E-state index in [1.165, 1.54) is 11.3 Å². The molecule has 4 N–H and O–H groups in total. The average molecular weight is 1030 g/mol. The van der Waals surface area contributed by atoms with Gasteiger partial charge in [-0.15, -0.1) is 0 Å². The lowest BCUT2D eigenvalue weighted by Gasteiger charge is -2.21. The zero-order chi connectivity index (χ0) is 53.5. The first kappa shape index (κ1) is 52.5. The number of hydrogen-bond acceptors (Lipinski definition) is 13. The van der Waals surface area contributed by atoms with E-state index in [2.05, 4.69) is 65.4 Å². The van der Waals surface area contributed by atoms with Crippen LogP contribution in [0, 0.1) is 23.7 Å². The third-order valence-electron chi connectivity index (χ3n) is 14.7. The van der Waals surface area contributed by atoms with E-state index in [0.717, 1.165) is 68.3 Å². The SMILES string of the molecule is CN1Cc2c(CC3CCC(=O)NC3=O)nn(C)c2C1.Cn1ccc2ncc(CC3CCC(=O)NC3=O)cc21.O=C1CCC(Cc2ccnc3ccccc23)C(=O)N1.O=C1CCC(Cc2cnc3ccccc3c2)C(=O)N1. The first-order valence-corrected chi connectivity index (χ1v) is 25.8. The highest BCUT2D eigenvalue weighted by molar-refractivity contribution is 6.01. The van der Waals surface area contributed by atoms with Gasteiger partial charge in [0.05, 0.1) is 33.5 Å². The number of imide groups is 4. The summed E-state index contributed by atoms with van der Waals surface area (Å²) < 4.78 is 3.93. The van der Waals surface area contributed by atoms with Crippen LogP contribution in [0.5, 0.6) is 0 Å². The molecule has 0 bridgehead atoms. The number of nitrogens with zero attached hydrogens (tertiary/aromatic N) is 7. The molecular formula is C57H61N11O8. The minimum absolute atomic E-state index is 0.122. The highest BCUT2D eigenvalue weighted by Gasteiger charge is 2.32. The van der Waals surface area contributed by atoms with Crippen molar-refractivity contribution in [2.24, 2.45) is 37.8 Å². The van der Waals surface area contributed by atoms with Gasteiger partial charge in [-0.2, -0.15) is 5.10 Å². The quantitative estimate of drug-likeness (QED) is 0.150. The molecule has 392 valence electrons. The Balaban J connectivity index is 0.000000124. The summed E-state index contributed by atoms with van der Waals surface area (Å²) in [6, 6.07) is 23.8. The zero-order valence-corrected chi connectivity index (χ0v) is 42.8. The van der Waals surface area contributed by atoms with Crippen molar-refractivity contribution in [3.8, 4) is 0 Å². The van der Waals surface area contributed by atoms with Crippen LogP contribution >= 0.6 is 0 Å². The standard InChI is InChI=1S/2C15H14N2O2.C14H15N3O2.C13H18N4O2/c18-14-6-5-12(15(19)17-14)8-10-7-11-3-1-2-4-13(11)16-9-10;18-14-6-5-11(15(19)17-14)9-10-7-8-16-13-4-2-1-3-12(10)13;1-17-5-4-11-12(17)7-9(8-15-11)6-10-2-3-13(18)16-14(10)19;1-16-6-9-10(15-17(2)11(9)7-16)5-8-3-4-12(18)14-13(8)19/h1-4,7,9,12H,5-6,8H2,(H,17,18,19);1-4,7-8,11H,5-6,9H2,(H,17,18,19);4-5,7-8,10H,2-3,6H2,1H3,(H,16,18,19);8H,3-7H2,1-2H3,(H,14,18,19). The number of hydrogen-bond donors (Lipinski definition) is 4. The van der Waals surface area contributed by atoms with Crippen LogP contribution in [0.4, 0.5) is 0 Å². The van der Waals surface area contributed by atoms with E-state index in [-0.39, 0.29) is 70.9 Å². The van der Waals surface area contributed by atoms with E-state index < -0.39 is 0 Å². The van der Waals surface area contributed by atoms with E-state index in [1.54, 1.807) is 6.20 Å². The van der Waals surface area contributed by atoms with E-state index in [0.29, 0.717) is 77.0 Å². The minimum Gasteiger partial charge on any atom is -0.349 e. The second-order valence-corrected chi connectivity index (χ2v) is 20.3. The third kappa shape index (κ3) is 12.8. The second kappa shape index (κ2) is 23.5. The van der Waals surface area contributed by atoms with Crippen molar-refractivity contribution in [1.29, 1.82) is 0 Å². The normalized spacial score (nSPS) is 20.6. The lowest BCUT2D eigenvalue weighted by molar-refractivity contribution is -0.137. The van der Waals surface area contributed by atoms with Gasteiger partial charge in [0.2, 0.25) is 47.3 Å². The fraction of sp³-hybridized carbons (Fsp3) is 0.368. The summed E-state index contributed by atoms with van der Waals surface area (Å²) in [5, 5.41) is 16.3. The van der Waals surface area contributed by atoms with Crippen molar-refractivity contribution in [3.05, 3.63) is 131 Å². The van der Waals surface area contributed by atoms with E-state index >= 15 is 0 Å². The Hall–Kier alpha value is -8.32. The van der Waals surface area contributed by atoms with Crippen molar-refractivity contribution >= 4 is 80.1 Å². The molecule has 19 nitrogen and oxygen atoms in total. The molecule has 0 spiro atoms. The summed E-state index contributed by atoms with van der Waals surface area (Å²) in [6.07, 6.45) is 14.1. The maximum Gasteiger partial charge on any atom is 0.230 e. The highest BCUT2D eigenvalue weighted by Crippen LogP contribution is 2.29. The molecule has 7 aromatic rings. The van der Waals surface area contributed by atoms with Gasteiger partial charge in [0.1, 0.15) is 0 Å². The van der Waals surface area contributed by atoms with Gasteiger partial charge in [0.25, 0.3) is 0 Å². The number of amides is 8. The van der Waals surface area contributed by atoms with Crippen LogP contribution in [-0.2, 0) is 91.2 Å². The molecule has 5 aliphatic rings. The number of aryl methyl sites for hydroxylation is 2. The molecular weight excluding hydrogens is 967 g/mol. The van der Waals surface area contributed by atoms with Crippen LogP contribution in [0.3, 0.4) is 0 Å². The molecule has 4 unspecified atom stereocenters. The lowest BCUT2D eigenvalue weighted by atomic mass is 9.90. The van der Waals surface area contributed by atoms with Crippen LogP contribution in [0.1, 0.15) is 85.0 Å². The van der Waals surface area contributed by atoms with Gasteiger partial charge < -0.3 is 4.57 Å². The third-order valence-corrected chi connectivity index (χ3v) is 14.7. The first-order valence-electron chi connectivity index (χ1n) is 25.8. The Morgan fingerprint density at radius 2 is 1.04 bits per heavy atom. The number of nitrogens with one attached hydrogen (secondary N) is 4. The van der Waals surface area contributed by atoms with Gasteiger partial charge in [0.15, 0.2) is 0 Å². The number of fused-ring (bicyclic) bond motifs is 4. The van der Waals surface area contributed by atoms with Crippen molar-refractivity contribution in [1.82, 2.24) is 55.5 Å². The topological polar surface area (TPSA) is 249 Å². The summed E-state index contributed by atoms with van der Waals surface area (Å²) >= 11 is 0. The Labute approximate surface area is 438 Å². The number of carbonyl (C=O) groups is 8. The predicted octanol–water partition coefficient (Wildman–Crippen LogP) is 4.79. The fourth-order valence-corrected chi connectivity index (χ4v) is 10.4. The molecule has 76 heavy (non-hydrogen) atoms. The summed E-state index contributed by atoms with van der Waals surface area (Å²) in [6.45, 7) is 1.81. The fourth-order valence-electron chi connectivity index (χ4n) is 10.4. The largest absolute Gasteiger partial charge is 0.349 e. The Morgan fingerprint density at radius 1 is 0.526 bits per heavy atom. The lowest BCUT2D eigenvalue weighted by Crippen LogP contribution is -2.41. The van der Waals surface area contributed by atoms with Crippen molar-refractivity contribution < 1.29 is 38.4 Å². The summed E-state index contributed by atoms with van der Waals surface area (Å²) in [4.78, 5) is 107. The smallest absolute Gasteiger partial charge is 0.230 e. The number of piperidine rings is 4.